The van der Waals surface area contributed by atoms with Gasteiger partial charge in [-0.2, -0.15) is 0 Å². The van der Waals surface area contributed by atoms with E-state index in [1.165, 1.54) is 21.8 Å². The van der Waals surface area contributed by atoms with Gasteiger partial charge in [-0.3, -0.25) is 0 Å². The molecule has 0 aliphatic carbocycles. The van der Waals surface area contributed by atoms with Crippen LogP contribution < -0.4 is 10.4 Å². The van der Waals surface area contributed by atoms with Crippen LogP contribution in [0.1, 0.15) is 6.92 Å². The lowest BCUT2D eigenvalue weighted by Gasteiger charge is -2.29. The zero-order valence-electron chi connectivity index (χ0n) is 8.77. The van der Waals surface area contributed by atoms with E-state index in [1.54, 1.807) is 0 Å². The zero-order chi connectivity index (χ0) is 10.3. The van der Waals surface area contributed by atoms with Crippen LogP contribution in [0.15, 0.2) is 48.2 Å². The Kier molecular flexibility index (Phi) is 1.78. The van der Waals surface area contributed by atoms with Gasteiger partial charge in [-0.05, 0) is 24.3 Å². The minimum atomic E-state index is 0.989. The van der Waals surface area contributed by atoms with Crippen molar-refractivity contribution >= 4 is 11.8 Å². The van der Waals surface area contributed by atoms with Crippen molar-refractivity contribution in [2.24, 2.45) is 0 Å². The largest absolute Gasteiger partial charge is 0.341 e. The van der Waals surface area contributed by atoms with Crippen molar-refractivity contribution in [3.05, 3.63) is 58.6 Å². The fourth-order valence-electron chi connectivity index (χ4n) is 2.24. The Balaban J connectivity index is 2.37. The van der Waals surface area contributed by atoms with E-state index in [2.05, 4.69) is 60.4 Å². The second-order valence-corrected chi connectivity index (χ2v) is 3.95. The standard InChI is InChI=1S/C14H13N/c1-11-14-8-3-2-6-12(14)10-13-7-4-5-9-15(11)13/h2-8,10H,9H2,1H3. The van der Waals surface area contributed by atoms with Crippen molar-refractivity contribution in [3.8, 4) is 0 Å². The maximum absolute atomic E-state index is 2.35. The molecule has 0 unspecified atom stereocenters. The number of rotatable bonds is 0. The van der Waals surface area contributed by atoms with Crippen LogP contribution in [0.25, 0.3) is 11.8 Å². The smallest absolute Gasteiger partial charge is 0.0417 e. The first-order chi connectivity index (χ1) is 7.36. The minimum Gasteiger partial charge on any atom is -0.341 e. The molecule has 0 saturated carbocycles. The van der Waals surface area contributed by atoms with E-state index < -0.39 is 0 Å². The molecule has 3 rings (SSSR count). The maximum Gasteiger partial charge on any atom is 0.0417 e. The molecule has 0 N–H and O–H groups in total. The van der Waals surface area contributed by atoms with Crippen molar-refractivity contribution in [2.45, 2.75) is 6.92 Å². The second-order valence-electron chi connectivity index (χ2n) is 3.95. The van der Waals surface area contributed by atoms with Gasteiger partial charge in [0.25, 0.3) is 0 Å². The normalized spacial score (nSPS) is 17.8. The third-order valence-corrected chi connectivity index (χ3v) is 3.06. The monoisotopic (exact) mass is 195 g/mol. The highest BCUT2D eigenvalue weighted by molar-refractivity contribution is 5.61. The Hall–Kier alpha value is -1.76. The van der Waals surface area contributed by atoms with Crippen molar-refractivity contribution in [1.29, 1.82) is 0 Å². The molecular formula is C14H13N. The number of hydrogen-bond acceptors (Lipinski definition) is 1. The average molecular weight is 195 g/mol. The summed E-state index contributed by atoms with van der Waals surface area (Å²) in [6.07, 6.45) is 8.74. The van der Waals surface area contributed by atoms with Gasteiger partial charge in [-0.25, -0.2) is 0 Å². The Morgan fingerprint density at radius 2 is 2.07 bits per heavy atom. The van der Waals surface area contributed by atoms with Crippen LogP contribution in [0.5, 0.6) is 0 Å². The molecule has 0 amide bonds. The summed E-state index contributed by atoms with van der Waals surface area (Å²) >= 11 is 0. The van der Waals surface area contributed by atoms with Gasteiger partial charge < -0.3 is 4.90 Å². The molecule has 2 heterocycles. The highest BCUT2D eigenvalue weighted by atomic mass is 15.1. The molecule has 1 nitrogen and oxygen atoms in total. The molecule has 0 bridgehead atoms. The predicted molar refractivity (Wildman–Crippen MR) is 63.2 cm³/mol. The van der Waals surface area contributed by atoms with Crippen LogP contribution in [0.2, 0.25) is 0 Å². The first-order valence-corrected chi connectivity index (χ1v) is 5.28. The SMILES string of the molecule is CC1=c2ccccc2=CC2=CC=CCN21. The number of benzene rings is 1. The summed E-state index contributed by atoms with van der Waals surface area (Å²) < 4.78 is 0. The molecule has 1 aromatic carbocycles. The van der Waals surface area contributed by atoms with Crippen LogP contribution in [0.3, 0.4) is 0 Å². The molecule has 2 aliphatic rings. The Labute approximate surface area is 89.3 Å². The van der Waals surface area contributed by atoms with Gasteiger partial charge in [0.05, 0.1) is 0 Å². The fraction of sp³-hybridized carbons (Fsp3) is 0.143. The molecule has 0 fully saturated rings. The lowest BCUT2D eigenvalue weighted by atomic mass is 10.1. The second kappa shape index (κ2) is 3.13. The summed E-state index contributed by atoms with van der Waals surface area (Å²) in [4.78, 5) is 2.35. The van der Waals surface area contributed by atoms with Crippen molar-refractivity contribution in [2.75, 3.05) is 6.54 Å². The summed E-state index contributed by atoms with van der Waals surface area (Å²) in [5, 5.41) is 2.68. The number of fused-ring (bicyclic) bond motifs is 2. The molecule has 0 saturated heterocycles. The third-order valence-electron chi connectivity index (χ3n) is 3.06. The van der Waals surface area contributed by atoms with Gasteiger partial charge in [-0.15, -0.1) is 0 Å². The van der Waals surface area contributed by atoms with Gasteiger partial charge in [0.2, 0.25) is 0 Å². The molecule has 1 aromatic rings. The number of hydrogen-bond donors (Lipinski definition) is 0. The minimum absolute atomic E-state index is 0.989. The number of allylic oxidation sites excluding steroid dienone is 3. The van der Waals surface area contributed by atoms with Gasteiger partial charge in [-0.1, -0.05) is 36.4 Å². The van der Waals surface area contributed by atoms with Crippen LogP contribution in [-0.4, -0.2) is 11.4 Å². The molecule has 0 atom stereocenters. The molecule has 74 valence electrons. The quantitative estimate of drug-likeness (QED) is 0.604. The van der Waals surface area contributed by atoms with Crippen LogP contribution in [-0.2, 0) is 0 Å². The van der Waals surface area contributed by atoms with Crippen LogP contribution >= 0.6 is 0 Å². The first kappa shape index (κ1) is 8.54. The lowest BCUT2D eigenvalue weighted by molar-refractivity contribution is 0.547. The van der Waals surface area contributed by atoms with Gasteiger partial charge >= 0.3 is 0 Å². The first-order valence-electron chi connectivity index (χ1n) is 5.28. The van der Waals surface area contributed by atoms with Gasteiger partial charge in [0.1, 0.15) is 0 Å². The summed E-state index contributed by atoms with van der Waals surface area (Å²) in [6, 6.07) is 8.56. The molecule has 0 spiro atoms. The van der Waals surface area contributed by atoms with Gasteiger partial charge in [0.15, 0.2) is 0 Å². The predicted octanol–water partition coefficient (Wildman–Crippen LogP) is 1.36. The lowest BCUT2D eigenvalue weighted by Crippen LogP contribution is -2.38. The van der Waals surface area contributed by atoms with Crippen LogP contribution in [0, 0.1) is 0 Å². The third kappa shape index (κ3) is 1.23. The van der Waals surface area contributed by atoms with E-state index >= 15 is 0 Å². The number of nitrogens with zero attached hydrogens (tertiary/aromatic N) is 1. The van der Waals surface area contributed by atoms with E-state index in [4.69, 9.17) is 0 Å². The fourth-order valence-corrected chi connectivity index (χ4v) is 2.24. The maximum atomic E-state index is 2.35. The summed E-state index contributed by atoms with van der Waals surface area (Å²) in [6.45, 7) is 3.18. The summed E-state index contributed by atoms with van der Waals surface area (Å²) in [7, 11) is 0. The molecule has 0 aromatic heterocycles. The van der Waals surface area contributed by atoms with Crippen molar-refractivity contribution in [1.82, 2.24) is 4.90 Å². The van der Waals surface area contributed by atoms with E-state index in [9.17, 15) is 0 Å². The van der Waals surface area contributed by atoms with E-state index in [0.717, 1.165) is 6.54 Å². The average Bonchev–Trinajstić information content (AvgIpc) is 2.30. The molecule has 2 aliphatic heterocycles. The highest BCUT2D eigenvalue weighted by Gasteiger charge is 2.14. The highest BCUT2D eigenvalue weighted by Crippen LogP contribution is 2.18. The Morgan fingerprint density at radius 1 is 1.20 bits per heavy atom. The van der Waals surface area contributed by atoms with E-state index in [0.29, 0.717) is 0 Å². The van der Waals surface area contributed by atoms with Crippen LogP contribution in [0.4, 0.5) is 0 Å². The van der Waals surface area contributed by atoms with Gasteiger partial charge in [0, 0.05) is 23.2 Å². The topological polar surface area (TPSA) is 3.24 Å². The van der Waals surface area contributed by atoms with Crippen molar-refractivity contribution < 1.29 is 0 Å². The Bertz CT molecular complexity index is 576. The molecule has 15 heavy (non-hydrogen) atoms. The Morgan fingerprint density at radius 3 is 3.00 bits per heavy atom. The molecule has 1 heteroatoms. The summed E-state index contributed by atoms with van der Waals surface area (Å²) in [5.41, 5.74) is 2.65. The van der Waals surface area contributed by atoms with Crippen molar-refractivity contribution in [3.63, 3.8) is 0 Å². The van der Waals surface area contributed by atoms with E-state index in [1.807, 2.05) is 0 Å². The zero-order valence-corrected chi connectivity index (χ0v) is 8.77. The summed E-state index contributed by atoms with van der Waals surface area (Å²) in [5.74, 6) is 0. The van der Waals surface area contributed by atoms with E-state index in [-0.39, 0.29) is 0 Å². The molecular weight excluding hydrogens is 182 g/mol. The molecule has 0 radical (unpaired) electrons.